The molecule has 1 heterocycles. The molecule has 0 fully saturated rings. The topological polar surface area (TPSA) is 92.2 Å². The van der Waals surface area contributed by atoms with Crippen LogP contribution in [0.1, 0.15) is 40.3 Å². The summed E-state index contributed by atoms with van der Waals surface area (Å²) in [5, 5.41) is 9.61. The van der Waals surface area contributed by atoms with Gasteiger partial charge in [0, 0.05) is 51.6 Å². The van der Waals surface area contributed by atoms with Crippen LogP contribution in [0, 0.1) is 5.82 Å². The number of hydrazine groups is 1. The molecule has 2 atom stereocenters. The zero-order chi connectivity index (χ0) is 34.5. The minimum atomic E-state index is -4.76. The monoisotopic (exact) mass is 767 g/mol. The van der Waals surface area contributed by atoms with E-state index in [2.05, 4.69) is 26.8 Å². The molecular weight excluding hydrogens is 741 g/mol. The molecule has 14 heteroatoms. The number of carbonyl (C=O) groups is 1. The van der Waals surface area contributed by atoms with Gasteiger partial charge in [-0.1, -0.05) is 63.4 Å². The van der Waals surface area contributed by atoms with E-state index in [4.69, 9.17) is 42.8 Å². The molecule has 3 N–H and O–H groups in total. The van der Waals surface area contributed by atoms with Crippen LogP contribution in [0.4, 0.5) is 17.6 Å². The largest absolute Gasteiger partial charge is 0.494 e. The summed E-state index contributed by atoms with van der Waals surface area (Å²) in [7, 11) is 0. The maximum absolute atomic E-state index is 14.4. The Hall–Kier alpha value is -3.68. The zero-order valence-corrected chi connectivity index (χ0v) is 28.1. The summed E-state index contributed by atoms with van der Waals surface area (Å²) in [4.78, 5) is 19.3. The third kappa shape index (κ3) is 8.30. The molecule has 5 rings (SSSR count). The summed E-state index contributed by atoms with van der Waals surface area (Å²) < 4.78 is 66.7. The molecule has 7 nitrogen and oxygen atoms in total. The predicted molar refractivity (Wildman–Crippen MR) is 177 cm³/mol. The van der Waals surface area contributed by atoms with E-state index >= 15 is 0 Å². The molecule has 0 bridgehead atoms. The first-order chi connectivity index (χ1) is 22.9. The van der Waals surface area contributed by atoms with Crippen LogP contribution in [0.25, 0.3) is 0 Å². The van der Waals surface area contributed by atoms with E-state index in [1.165, 1.54) is 6.07 Å². The molecule has 1 aliphatic rings. The van der Waals surface area contributed by atoms with Gasteiger partial charge in [-0.05, 0) is 71.8 Å². The lowest BCUT2D eigenvalue weighted by Crippen LogP contribution is -2.53. The maximum atomic E-state index is 14.4. The Bertz CT molecular complexity index is 1810. The van der Waals surface area contributed by atoms with Crippen molar-refractivity contribution in [2.24, 2.45) is 4.99 Å². The molecule has 4 aromatic carbocycles. The van der Waals surface area contributed by atoms with E-state index < -0.39 is 35.1 Å². The van der Waals surface area contributed by atoms with Gasteiger partial charge in [0.2, 0.25) is 5.90 Å². The highest BCUT2D eigenvalue weighted by Gasteiger charge is 2.54. The van der Waals surface area contributed by atoms with Gasteiger partial charge >= 0.3 is 6.18 Å². The van der Waals surface area contributed by atoms with Gasteiger partial charge in [-0.3, -0.25) is 10.2 Å². The molecule has 4 aromatic rings. The highest BCUT2D eigenvalue weighted by molar-refractivity contribution is 9.10. The molecular formula is C34H28BrCl2F4N3O4. The molecule has 48 heavy (non-hydrogen) atoms. The van der Waals surface area contributed by atoms with E-state index in [9.17, 15) is 22.4 Å². The fourth-order valence-electron chi connectivity index (χ4n) is 5.16. The second-order valence-electron chi connectivity index (χ2n) is 10.9. The summed E-state index contributed by atoms with van der Waals surface area (Å²) in [6, 6.07) is 20.9. The highest BCUT2D eigenvalue weighted by atomic mass is 79.9. The molecule has 0 aromatic heterocycles. The number of ether oxygens (including phenoxy) is 2. The lowest BCUT2D eigenvalue weighted by atomic mass is 9.82. The quantitative estimate of drug-likeness (QED) is 0.0773. The molecule has 252 valence electrons. The second-order valence-corrected chi connectivity index (χ2v) is 12.6. The first-order valence-corrected chi connectivity index (χ1v) is 16.1. The second kappa shape index (κ2) is 15.3. The Morgan fingerprint density at radius 2 is 1.79 bits per heavy atom. The van der Waals surface area contributed by atoms with Gasteiger partial charge in [0.05, 0.1) is 12.2 Å². The third-order valence-corrected chi connectivity index (χ3v) is 8.81. The van der Waals surface area contributed by atoms with Gasteiger partial charge in [-0.25, -0.2) is 14.8 Å². The summed E-state index contributed by atoms with van der Waals surface area (Å²) in [6.07, 6.45) is -5.40. The summed E-state index contributed by atoms with van der Waals surface area (Å²) >= 11 is 16.4. The van der Waals surface area contributed by atoms with Gasteiger partial charge in [-0.2, -0.15) is 13.2 Å². The van der Waals surface area contributed by atoms with Gasteiger partial charge in [-0.15, -0.1) is 0 Å². The number of aliphatic hydroxyl groups excluding tert-OH is 1. The van der Waals surface area contributed by atoms with Gasteiger partial charge in [0.25, 0.3) is 5.91 Å². The van der Waals surface area contributed by atoms with E-state index in [-0.39, 0.29) is 36.1 Å². The number of rotatable bonds is 12. The first kappa shape index (κ1) is 35.6. The number of hydrogen-bond acceptors (Lipinski definition) is 6. The van der Waals surface area contributed by atoms with Crippen molar-refractivity contribution in [2.75, 3.05) is 13.2 Å². The number of aliphatic imine (C=N–C) groups is 1. The van der Waals surface area contributed by atoms with Crippen molar-refractivity contribution in [3.05, 3.63) is 133 Å². The Kier molecular flexibility index (Phi) is 11.3. The maximum Gasteiger partial charge on any atom is 0.416 e. The molecule has 1 amide bonds. The number of alkyl halides is 3. The third-order valence-electron chi connectivity index (χ3n) is 7.47. The van der Waals surface area contributed by atoms with Crippen molar-refractivity contribution in [3.63, 3.8) is 0 Å². The lowest BCUT2D eigenvalue weighted by molar-refractivity contribution is -0.138. The minimum Gasteiger partial charge on any atom is -0.494 e. The van der Waals surface area contributed by atoms with Crippen molar-refractivity contribution in [1.82, 2.24) is 10.9 Å². The van der Waals surface area contributed by atoms with Crippen molar-refractivity contribution < 1.29 is 36.9 Å². The number of aliphatic hydroxyl groups is 1. The predicted octanol–water partition coefficient (Wildman–Crippen LogP) is 8.00. The molecule has 1 aliphatic heterocycles. The van der Waals surface area contributed by atoms with Crippen molar-refractivity contribution in [1.29, 1.82) is 0 Å². The first-order valence-electron chi connectivity index (χ1n) is 14.6. The van der Waals surface area contributed by atoms with E-state index in [1.54, 1.807) is 42.5 Å². The van der Waals surface area contributed by atoms with Crippen molar-refractivity contribution in [3.8, 4) is 5.75 Å². The summed E-state index contributed by atoms with van der Waals surface area (Å²) in [5.74, 6) is -1.09. The molecule has 0 spiro atoms. The van der Waals surface area contributed by atoms with Crippen LogP contribution in [0.5, 0.6) is 5.75 Å². The number of nitrogens with zero attached hydrogens (tertiary/aromatic N) is 1. The number of carbonyl (C=O) groups excluding carboxylic acids is 1. The number of benzene rings is 4. The van der Waals surface area contributed by atoms with Crippen LogP contribution in [0.15, 0.2) is 94.4 Å². The van der Waals surface area contributed by atoms with Gasteiger partial charge in [0.1, 0.15) is 11.6 Å². The average Bonchev–Trinajstić information content (AvgIpc) is 3.42. The number of halogens is 7. The summed E-state index contributed by atoms with van der Waals surface area (Å²) in [5.41, 5.74) is 3.90. The SMILES string of the molecule is O=C(NNCc1cc(F)cc(C(F)(F)F)c1)[C@@]1(Cc2ccccc2Br)N=C(c2ccc(OCCCO)cc2)O[C@H]1c1ccc(Cl)cc1Cl. The fourth-order valence-corrected chi connectivity index (χ4v) is 6.09. The number of hydrogen-bond donors (Lipinski definition) is 3. The lowest BCUT2D eigenvalue weighted by Gasteiger charge is -2.31. The zero-order valence-electron chi connectivity index (χ0n) is 25.0. The van der Waals surface area contributed by atoms with Crippen LogP contribution in [0.3, 0.4) is 0 Å². The molecule has 0 saturated carbocycles. The molecule has 0 radical (unpaired) electrons. The van der Waals surface area contributed by atoms with Crippen LogP contribution in [-0.4, -0.2) is 35.7 Å². The van der Waals surface area contributed by atoms with Gasteiger partial charge < -0.3 is 14.6 Å². The average molecular weight is 769 g/mol. The number of nitrogens with one attached hydrogen (secondary N) is 2. The Balaban J connectivity index is 1.53. The molecule has 0 aliphatic carbocycles. The smallest absolute Gasteiger partial charge is 0.416 e. The van der Waals surface area contributed by atoms with Crippen molar-refractivity contribution in [2.45, 2.75) is 37.2 Å². The summed E-state index contributed by atoms with van der Waals surface area (Å²) in [6.45, 7) is -0.0240. The van der Waals surface area contributed by atoms with Crippen LogP contribution in [0.2, 0.25) is 10.0 Å². The van der Waals surface area contributed by atoms with Crippen LogP contribution in [-0.2, 0) is 28.7 Å². The Labute approximate surface area is 292 Å². The van der Waals surface area contributed by atoms with Crippen LogP contribution < -0.4 is 15.6 Å². The normalized spacial score (nSPS) is 17.5. The molecule has 0 unspecified atom stereocenters. The van der Waals surface area contributed by atoms with Crippen molar-refractivity contribution >= 4 is 50.9 Å². The van der Waals surface area contributed by atoms with E-state index in [0.29, 0.717) is 51.0 Å². The van der Waals surface area contributed by atoms with E-state index in [1.807, 2.05) is 18.2 Å². The minimum absolute atomic E-state index is 0.00436. The Morgan fingerprint density at radius 3 is 2.48 bits per heavy atom. The van der Waals surface area contributed by atoms with Crippen LogP contribution >= 0.6 is 39.1 Å². The highest BCUT2D eigenvalue weighted by Crippen LogP contribution is 2.45. The van der Waals surface area contributed by atoms with Gasteiger partial charge in [0.15, 0.2) is 11.6 Å². The molecule has 0 saturated heterocycles. The Morgan fingerprint density at radius 1 is 1.04 bits per heavy atom. The van der Waals surface area contributed by atoms with E-state index in [0.717, 1.165) is 12.1 Å². The number of amides is 1. The fraction of sp³-hybridized carbons (Fsp3) is 0.235. The standard InChI is InChI=1S/C34H28BrCl2F4N3O4/c35-28-5-2-1-4-22(28)18-33(32(46)44-42-19-20-14-23(34(39,40)41)16-25(38)15-20)30(27-11-8-24(36)17-29(27)37)48-31(43-33)21-6-9-26(10-7-21)47-13-3-12-45/h1-2,4-11,14-17,30,42,45H,3,12-13,18-19H2,(H,44,46)/t30-,33-/m0/s1.